The Morgan fingerprint density at radius 1 is 1.45 bits per heavy atom. The van der Waals surface area contributed by atoms with E-state index < -0.39 is 22.0 Å². The van der Waals surface area contributed by atoms with Crippen LogP contribution in [0.25, 0.3) is 0 Å². The SMILES string of the molecule is CN1C(=O)CCC(NS(=O)(=O)c2cccnc2N)C1=O. The van der Waals surface area contributed by atoms with E-state index >= 15 is 0 Å². The van der Waals surface area contributed by atoms with Crippen LogP contribution in [0.15, 0.2) is 23.2 Å². The summed E-state index contributed by atoms with van der Waals surface area (Å²) in [6.45, 7) is 0. The molecule has 0 saturated carbocycles. The van der Waals surface area contributed by atoms with Crippen LogP contribution in [0.4, 0.5) is 5.82 Å². The summed E-state index contributed by atoms with van der Waals surface area (Å²) in [6.07, 6.45) is 1.60. The van der Waals surface area contributed by atoms with E-state index in [1.54, 1.807) is 0 Å². The third-order valence-corrected chi connectivity index (χ3v) is 4.56. The van der Waals surface area contributed by atoms with Gasteiger partial charge in [0.2, 0.25) is 21.8 Å². The van der Waals surface area contributed by atoms with Crippen molar-refractivity contribution >= 4 is 27.7 Å². The Morgan fingerprint density at radius 3 is 2.80 bits per heavy atom. The Hall–Kier alpha value is -2.00. The van der Waals surface area contributed by atoms with Gasteiger partial charge in [-0.1, -0.05) is 0 Å². The molecule has 3 N–H and O–H groups in total. The Balaban J connectivity index is 2.24. The van der Waals surface area contributed by atoms with Gasteiger partial charge in [-0.25, -0.2) is 13.4 Å². The molecule has 0 spiro atoms. The zero-order valence-corrected chi connectivity index (χ0v) is 11.6. The number of nitrogen functional groups attached to an aromatic ring is 1. The number of nitrogens with zero attached hydrogens (tertiary/aromatic N) is 2. The van der Waals surface area contributed by atoms with Crippen LogP contribution in [0.3, 0.4) is 0 Å². The van der Waals surface area contributed by atoms with Gasteiger partial charge >= 0.3 is 0 Å². The molecule has 0 bridgehead atoms. The number of carbonyl (C=O) groups is 2. The summed E-state index contributed by atoms with van der Waals surface area (Å²) in [4.78, 5) is 27.6. The first-order valence-electron chi connectivity index (χ1n) is 5.86. The summed E-state index contributed by atoms with van der Waals surface area (Å²) in [5.41, 5.74) is 5.52. The highest BCUT2D eigenvalue weighted by atomic mass is 32.2. The molecule has 1 saturated heterocycles. The van der Waals surface area contributed by atoms with Crippen molar-refractivity contribution in [2.45, 2.75) is 23.8 Å². The molecule has 2 amide bonds. The van der Waals surface area contributed by atoms with Crippen molar-refractivity contribution in [2.24, 2.45) is 0 Å². The number of rotatable bonds is 3. The lowest BCUT2D eigenvalue weighted by molar-refractivity contribution is -0.147. The van der Waals surface area contributed by atoms with Crippen LogP contribution in [0.5, 0.6) is 0 Å². The molecule has 0 aliphatic carbocycles. The van der Waals surface area contributed by atoms with E-state index in [9.17, 15) is 18.0 Å². The third kappa shape index (κ3) is 2.63. The van der Waals surface area contributed by atoms with Gasteiger partial charge in [0.1, 0.15) is 16.8 Å². The molecule has 0 radical (unpaired) electrons. The number of nitrogens with one attached hydrogen (secondary N) is 1. The van der Waals surface area contributed by atoms with Crippen LogP contribution in [-0.2, 0) is 19.6 Å². The van der Waals surface area contributed by atoms with E-state index in [0.717, 1.165) is 4.90 Å². The summed E-state index contributed by atoms with van der Waals surface area (Å²) in [5, 5.41) is 0. The number of aromatic nitrogens is 1. The maximum absolute atomic E-state index is 12.2. The van der Waals surface area contributed by atoms with Gasteiger partial charge in [-0.2, -0.15) is 4.72 Å². The Labute approximate surface area is 116 Å². The average Bonchev–Trinajstić information content (AvgIpc) is 2.40. The number of amides is 2. The van der Waals surface area contributed by atoms with Crippen LogP contribution < -0.4 is 10.5 Å². The number of piperidine rings is 1. The minimum atomic E-state index is -3.96. The van der Waals surface area contributed by atoms with Crippen molar-refractivity contribution in [1.82, 2.24) is 14.6 Å². The molecule has 1 aliphatic rings. The number of imide groups is 1. The maximum atomic E-state index is 12.2. The van der Waals surface area contributed by atoms with Crippen molar-refractivity contribution in [3.8, 4) is 0 Å². The van der Waals surface area contributed by atoms with E-state index in [1.807, 2.05) is 0 Å². The largest absolute Gasteiger partial charge is 0.383 e. The topological polar surface area (TPSA) is 122 Å². The second kappa shape index (κ2) is 5.17. The molecule has 1 fully saturated rings. The number of hydrogen-bond donors (Lipinski definition) is 2. The number of hydrogen-bond acceptors (Lipinski definition) is 6. The monoisotopic (exact) mass is 298 g/mol. The van der Waals surface area contributed by atoms with Gasteiger partial charge in [0.15, 0.2) is 0 Å². The molecule has 108 valence electrons. The predicted octanol–water partition coefficient (Wildman–Crippen LogP) is -0.910. The fourth-order valence-corrected chi connectivity index (χ4v) is 3.21. The van der Waals surface area contributed by atoms with Gasteiger partial charge in [-0.15, -0.1) is 0 Å². The minimum Gasteiger partial charge on any atom is -0.383 e. The van der Waals surface area contributed by atoms with Gasteiger partial charge < -0.3 is 5.73 Å². The molecule has 2 rings (SSSR count). The van der Waals surface area contributed by atoms with Crippen molar-refractivity contribution < 1.29 is 18.0 Å². The number of anilines is 1. The number of likely N-dealkylation sites (tertiary alicyclic amines) is 1. The second-order valence-electron chi connectivity index (χ2n) is 4.39. The molecule has 20 heavy (non-hydrogen) atoms. The van der Waals surface area contributed by atoms with E-state index in [0.29, 0.717) is 0 Å². The lowest BCUT2D eigenvalue weighted by Crippen LogP contribution is -2.52. The predicted molar refractivity (Wildman–Crippen MR) is 69.8 cm³/mol. The van der Waals surface area contributed by atoms with Crippen LogP contribution in [0.1, 0.15) is 12.8 Å². The highest BCUT2D eigenvalue weighted by molar-refractivity contribution is 7.89. The quantitative estimate of drug-likeness (QED) is 0.696. The summed E-state index contributed by atoms with van der Waals surface area (Å²) >= 11 is 0. The van der Waals surface area contributed by atoms with Crippen LogP contribution in [0.2, 0.25) is 0 Å². The summed E-state index contributed by atoms with van der Waals surface area (Å²) < 4.78 is 26.6. The van der Waals surface area contributed by atoms with Gasteiger partial charge in [0.05, 0.1) is 0 Å². The fourth-order valence-electron chi connectivity index (χ4n) is 1.91. The molecule has 9 heteroatoms. The molecule has 1 unspecified atom stereocenters. The smallest absolute Gasteiger partial charge is 0.247 e. The lowest BCUT2D eigenvalue weighted by Gasteiger charge is -2.28. The summed E-state index contributed by atoms with van der Waals surface area (Å²) in [5.74, 6) is -1.05. The molecule has 0 aromatic carbocycles. The Kier molecular flexibility index (Phi) is 3.73. The first-order valence-corrected chi connectivity index (χ1v) is 7.34. The first-order chi connectivity index (χ1) is 9.33. The minimum absolute atomic E-state index is 0.109. The number of carbonyl (C=O) groups excluding carboxylic acids is 2. The van der Waals surface area contributed by atoms with Crippen LogP contribution in [-0.4, -0.2) is 43.2 Å². The average molecular weight is 298 g/mol. The van der Waals surface area contributed by atoms with E-state index in [4.69, 9.17) is 5.73 Å². The Bertz CT molecular complexity index is 658. The first kappa shape index (κ1) is 14.4. The van der Waals surface area contributed by atoms with Crippen LogP contribution in [0, 0.1) is 0 Å². The number of nitrogens with two attached hydrogens (primary N) is 1. The van der Waals surface area contributed by atoms with Gasteiger partial charge in [-0.05, 0) is 18.6 Å². The maximum Gasteiger partial charge on any atom is 0.247 e. The zero-order valence-electron chi connectivity index (χ0n) is 10.7. The summed E-state index contributed by atoms with van der Waals surface area (Å²) in [7, 11) is -2.64. The lowest BCUT2D eigenvalue weighted by atomic mass is 10.1. The zero-order chi connectivity index (χ0) is 14.9. The highest BCUT2D eigenvalue weighted by Gasteiger charge is 2.35. The van der Waals surface area contributed by atoms with Crippen molar-refractivity contribution in [3.05, 3.63) is 18.3 Å². The van der Waals surface area contributed by atoms with Crippen molar-refractivity contribution in [3.63, 3.8) is 0 Å². The van der Waals surface area contributed by atoms with E-state index in [-0.39, 0.29) is 29.5 Å². The van der Waals surface area contributed by atoms with Gasteiger partial charge in [0.25, 0.3) is 0 Å². The molecule has 1 aromatic heterocycles. The molecule has 1 aliphatic heterocycles. The Morgan fingerprint density at radius 2 is 2.15 bits per heavy atom. The van der Waals surface area contributed by atoms with E-state index in [2.05, 4.69) is 9.71 Å². The van der Waals surface area contributed by atoms with Gasteiger partial charge in [0, 0.05) is 19.7 Å². The number of likely N-dealkylation sites (N-methyl/N-ethyl adjacent to an activating group) is 1. The van der Waals surface area contributed by atoms with Gasteiger partial charge in [-0.3, -0.25) is 14.5 Å². The van der Waals surface area contributed by atoms with E-state index in [1.165, 1.54) is 25.4 Å². The molecular formula is C11H14N4O4S. The molecule has 1 atom stereocenters. The van der Waals surface area contributed by atoms with Crippen molar-refractivity contribution in [2.75, 3.05) is 12.8 Å². The number of sulfonamides is 1. The highest BCUT2D eigenvalue weighted by Crippen LogP contribution is 2.18. The molecular weight excluding hydrogens is 284 g/mol. The second-order valence-corrected chi connectivity index (χ2v) is 6.07. The van der Waals surface area contributed by atoms with Crippen molar-refractivity contribution in [1.29, 1.82) is 0 Å². The summed E-state index contributed by atoms with van der Waals surface area (Å²) in [6, 6.07) is 1.76. The fraction of sp³-hybridized carbons (Fsp3) is 0.364. The number of pyridine rings is 1. The molecule has 8 nitrogen and oxygen atoms in total. The molecule has 2 heterocycles. The molecule has 1 aromatic rings. The third-order valence-electron chi connectivity index (χ3n) is 3.04. The standard InChI is InChI=1S/C11H14N4O4S/c1-15-9(16)5-4-7(11(15)17)14-20(18,19)8-3-2-6-13-10(8)12/h2-3,6-7,14H,4-5H2,1H3,(H2,12,13). The van der Waals surface area contributed by atoms with Crippen LogP contribution >= 0.6 is 0 Å². The normalized spacial score (nSPS) is 20.2.